The Balaban J connectivity index is 1.63. The van der Waals surface area contributed by atoms with E-state index in [1.807, 2.05) is 6.07 Å². The first-order valence-corrected chi connectivity index (χ1v) is 7.71. The lowest BCUT2D eigenvalue weighted by Gasteiger charge is -2.36. The number of nitrogens with zero attached hydrogens (tertiary/aromatic N) is 4. The topological polar surface area (TPSA) is 86.6 Å². The summed E-state index contributed by atoms with van der Waals surface area (Å²) in [5, 5.41) is 8.82. The molecule has 0 atom stereocenters. The number of amides is 1. The van der Waals surface area contributed by atoms with Crippen molar-refractivity contribution in [1.29, 1.82) is 0 Å². The first-order chi connectivity index (χ1) is 11.5. The number of aryl methyl sites for hydroxylation is 1. The van der Waals surface area contributed by atoms with Gasteiger partial charge in [-0.05, 0) is 24.6 Å². The number of aromatic nitrogens is 2. The number of carboxylic acid groups (broad SMARTS) is 1. The zero-order valence-corrected chi connectivity index (χ0v) is 13.3. The van der Waals surface area contributed by atoms with Crippen molar-refractivity contribution in [2.75, 3.05) is 31.1 Å². The largest absolute Gasteiger partial charge is 0.476 e. The van der Waals surface area contributed by atoms with E-state index in [4.69, 9.17) is 5.11 Å². The van der Waals surface area contributed by atoms with Gasteiger partial charge in [0.15, 0.2) is 5.69 Å². The van der Waals surface area contributed by atoms with E-state index in [2.05, 4.69) is 40.0 Å². The Bertz CT molecular complexity index is 753. The molecular weight excluding hydrogens is 308 g/mol. The van der Waals surface area contributed by atoms with Crippen molar-refractivity contribution in [3.8, 4) is 0 Å². The van der Waals surface area contributed by atoms with Gasteiger partial charge in [-0.2, -0.15) is 0 Å². The number of hydrogen-bond donors (Lipinski definition) is 1. The van der Waals surface area contributed by atoms with E-state index in [9.17, 15) is 9.59 Å². The molecule has 0 radical (unpaired) electrons. The van der Waals surface area contributed by atoms with Crippen molar-refractivity contribution in [2.24, 2.45) is 0 Å². The summed E-state index contributed by atoms with van der Waals surface area (Å²) in [5.74, 6) is -1.38. The number of carbonyl (C=O) groups excluding carboxylic acids is 1. The second-order valence-corrected chi connectivity index (χ2v) is 5.71. The summed E-state index contributed by atoms with van der Waals surface area (Å²) in [7, 11) is 0. The Morgan fingerprint density at radius 3 is 2.29 bits per heavy atom. The highest BCUT2D eigenvalue weighted by Gasteiger charge is 2.23. The molecule has 2 aromatic rings. The second-order valence-electron chi connectivity index (χ2n) is 5.71. The van der Waals surface area contributed by atoms with Crippen LogP contribution >= 0.6 is 0 Å². The summed E-state index contributed by atoms with van der Waals surface area (Å²) in [6.45, 7) is 4.73. The Kier molecular flexibility index (Phi) is 4.41. The number of hydrogen-bond acceptors (Lipinski definition) is 5. The van der Waals surface area contributed by atoms with Crippen LogP contribution in [0.2, 0.25) is 0 Å². The van der Waals surface area contributed by atoms with Gasteiger partial charge in [0, 0.05) is 31.9 Å². The number of rotatable bonds is 3. The van der Waals surface area contributed by atoms with Gasteiger partial charge in [-0.1, -0.05) is 12.1 Å². The zero-order chi connectivity index (χ0) is 17.1. The van der Waals surface area contributed by atoms with Gasteiger partial charge in [0.1, 0.15) is 5.69 Å². The van der Waals surface area contributed by atoms with E-state index >= 15 is 0 Å². The second kappa shape index (κ2) is 6.66. The zero-order valence-electron chi connectivity index (χ0n) is 13.3. The van der Waals surface area contributed by atoms with Gasteiger partial charge < -0.3 is 14.9 Å². The molecule has 24 heavy (non-hydrogen) atoms. The van der Waals surface area contributed by atoms with Crippen LogP contribution in [0.25, 0.3) is 0 Å². The molecule has 1 aliphatic rings. The van der Waals surface area contributed by atoms with Gasteiger partial charge in [0.05, 0.1) is 12.4 Å². The van der Waals surface area contributed by atoms with Crippen molar-refractivity contribution >= 4 is 17.6 Å². The summed E-state index contributed by atoms with van der Waals surface area (Å²) in [4.78, 5) is 34.8. The van der Waals surface area contributed by atoms with Gasteiger partial charge in [0.25, 0.3) is 5.91 Å². The maximum absolute atomic E-state index is 12.4. The number of aromatic carboxylic acids is 1. The molecule has 0 bridgehead atoms. The molecule has 1 aromatic heterocycles. The molecule has 124 valence electrons. The summed E-state index contributed by atoms with van der Waals surface area (Å²) in [6, 6.07) is 8.29. The van der Waals surface area contributed by atoms with Gasteiger partial charge in [0.2, 0.25) is 0 Å². The predicted molar refractivity (Wildman–Crippen MR) is 88.3 cm³/mol. The van der Waals surface area contributed by atoms with Crippen LogP contribution in [0.15, 0.2) is 36.7 Å². The molecule has 1 fully saturated rings. The van der Waals surface area contributed by atoms with E-state index < -0.39 is 5.97 Å². The number of carbonyl (C=O) groups is 2. The van der Waals surface area contributed by atoms with Crippen LogP contribution in [0.3, 0.4) is 0 Å². The third-order valence-corrected chi connectivity index (χ3v) is 4.02. The van der Waals surface area contributed by atoms with Crippen molar-refractivity contribution in [3.63, 3.8) is 0 Å². The Labute approximate surface area is 139 Å². The standard InChI is InChI=1S/C17H18N4O3/c1-12-3-2-4-13(9-12)20-5-7-21(8-6-20)16(22)14-10-19-15(11-18-14)17(23)24/h2-4,9-11H,5-8H2,1H3,(H,23,24). The summed E-state index contributed by atoms with van der Waals surface area (Å²) >= 11 is 0. The fourth-order valence-corrected chi connectivity index (χ4v) is 2.70. The van der Waals surface area contributed by atoms with Crippen molar-refractivity contribution in [1.82, 2.24) is 14.9 Å². The molecular formula is C17H18N4O3. The minimum Gasteiger partial charge on any atom is -0.476 e. The number of benzene rings is 1. The normalized spacial score (nSPS) is 14.5. The van der Waals surface area contributed by atoms with Crippen molar-refractivity contribution < 1.29 is 14.7 Å². The van der Waals surface area contributed by atoms with E-state index in [-0.39, 0.29) is 17.3 Å². The highest BCUT2D eigenvalue weighted by Crippen LogP contribution is 2.18. The highest BCUT2D eigenvalue weighted by molar-refractivity contribution is 5.93. The maximum Gasteiger partial charge on any atom is 0.356 e. The Morgan fingerprint density at radius 2 is 1.71 bits per heavy atom. The van der Waals surface area contributed by atoms with Gasteiger partial charge in [-0.3, -0.25) is 4.79 Å². The molecule has 1 saturated heterocycles. The minimum absolute atomic E-state index is 0.170. The van der Waals surface area contributed by atoms with E-state index in [0.717, 1.165) is 25.0 Å². The molecule has 2 heterocycles. The lowest BCUT2D eigenvalue weighted by molar-refractivity contribution is 0.0684. The van der Waals surface area contributed by atoms with Crippen molar-refractivity contribution in [2.45, 2.75) is 6.92 Å². The van der Waals surface area contributed by atoms with Gasteiger partial charge in [-0.25, -0.2) is 14.8 Å². The smallest absolute Gasteiger partial charge is 0.356 e. The molecule has 0 unspecified atom stereocenters. The lowest BCUT2D eigenvalue weighted by atomic mass is 10.2. The van der Waals surface area contributed by atoms with Gasteiger partial charge in [-0.15, -0.1) is 0 Å². The predicted octanol–water partition coefficient (Wildman–Crippen LogP) is 1.45. The Hall–Kier alpha value is -2.96. The molecule has 1 aliphatic heterocycles. The SMILES string of the molecule is Cc1cccc(N2CCN(C(=O)c3cnc(C(=O)O)cn3)CC2)c1. The van der Waals surface area contributed by atoms with Crippen LogP contribution in [0.5, 0.6) is 0 Å². The molecule has 1 N–H and O–H groups in total. The van der Waals surface area contributed by atoms with E-state index in [1.54, 1.807) is 4.90 Å². The quantitative estimate of drug-likeness (QED) is 0.918. The first kappa shape index (κ1) is 15.9. The summed E-state index contributed by atoms with van der Waals surface area (Å²) in [6.07, 6.45) is 2.33. The number of piperazine rings is 1. The Morgan fingerprint density at radius 1 is 1.04 bits per heavy atom. The third kappa shape index (κ3) is 3.34. The molecule has 7 heteroatoms. The fraction of sp³-hybridized carbons (Fsp3) is 0.294. The highest BCUT2D eigenvalue weighted by atomic mass is 16.4. The fourth-order valence-electron chi connectivity index (χ4n) is 2.70. The van der Waals surface area contributed by atoms with Crippen LogP contribution < -0.4 is 4.90 Å². The van der Waals surface area contributed by atoms with E-state index in [1.165, 1.54) is 11.8 Å². The molecule has 3 rings (SSSR count). The summed E-state index contributed by atoms with van der Waals surface area (Å²) in [5.41, 5.74) is 2.37. The average Bonchev–Trinajstić information content (AvgIpc) is 2.61. The van der Waals surface area contributed by atoms with Gasteiger partial charge >= 0.3 is 5.97 Å². The van der Waals surface area contributed by atoms with Crippen LogP contribution in [-0.4, -0.2) is 58.0 Å². The third-order valence-electron chi connectivity index (χ3n) is 4.02. The molecule has 0 spiro atoms. The van der Waals surface area contributed by atoms with Crippen LogP contribution in [0.1, 0.15) is 26.5 Å². The first-order valence-electron chi connectivity index (χ1n) is 7.71. The van der Waals surface area contributed by atoms with Crippen LogP contribution in [0.4, 0.5) is 5.69 Å². The average molecular weight is 326 g/mol. The maximum atomic E-state index is 12.4. The monoisotopic (exact) mass is 326 g/mol. The van der Waals surface area contributed by atoms with Crippen molar-refractivity contribution in [3.05, 3.63) is 53.6 Å². The minimum atomic E-state index is -1.16. The summed E-state index contributed by atoms with van der Waals surface area (Å²) < 4.78 is 0. The van der Waals surface area contributed by atoms with E-state index in [0.29, 0.717) is 13.1 Å². The number of anilines is 1. The van der Waals surface area contributed by atoms with Crippen LogP contribution in [-0.2, 0) is 0 Å². The molecule has 1 aromatic carbocycles. The number of carboxylic acids is 1. The van der Waals surface area contributed by atoms with Crippen LogP contribution in [0, 0.1) is 6.92 Å². The lowest BCUT2D eigenvalue weighted by Crippen LogP contribution is -2.49. The molecule has 7 nitrogen and oxygen atoms in total. The molecule has 0 saturated carbocycles. The molecule has 1 amide bonds. The molecule has 0 aliphatic carbocycles.